The molecule has 1 unspecified atom stereocenters. The number of carboxylic acids is 1. The molecule has 2 heterocycles. The predicted octanol–water partition coefficient (Wildman–Crippen LogP) is 5.11. The van der Waals surface area contributed by atoms with Crippen LogP contribution in [0.5, 0.6) is 0 Å². The number of benzene rings is 2. The van der Waals surface area contributed by atoms with Gasteiger partial charge in [0.1, 0.15) is 5.69 Å². The molecule has 0 bridgehead atoms. The minimum Gasteiger partial charge on any atom is -0.479 e. The van der Waals surface area contributed by atoms with E-state index in [4.69, 9.17) is 4.74 Å². The molecule has 1 aliphatic rings. The van der Waals surface area contributed by atoms with Crippen LogP contribution in [-0.4, -0.2) is 37.3 Å². The Morgan fingerprint density at radius 2 is 1.60 bits per heavy atom. The van der Waals surface area contributed by atoms with E-state index < -0.39 is 17.7 Å². The van der Waals surface area contributed by atoms with Crippen molar-refractivity contribution in [2.45, 2.75) is 66.3 Å². The third kappa shape index (κ3) is 4.73. The van der Waals surface area contributed by atoms with E-state index in [1.807, 2.05) is 65.8 Å². The minimum atomic E-state index is -1.14. The highest BCUT2D eigenvalue weighted by molar-refractivity contribution is 5.93. The summed E-state index contributed by atoms with van der Waals surface area (Å²) in [7, 11) is 1.78. The van der Waals surface area contributed by atoms with Gasteiger partial charge in [0.25, 0.3) is 5.91 Å². The Balaban J connectivity index is 1.90. The number of aromatic nitrogens is 2. The number of ether oxygens (including phenoxy) is 1. The van der Waals surface area contributed by atoms with E-state index in [1.54, 1.807) is 28.9 Å². The van der Waals surface area contributed by atoms with E-state index in [1.165, 1.54) is 0 Å². The summed E-state index contributed by atoms with van der Waals surface area (Å²) in [6, 6.07) is 9.81. The Kier molecular flexibility index (Phi) is 6.32. The molecule has 1 aromatic heterocycles. The maximum Gasteiger partial charge on any atom is 0.337 e. The maximum absolute atomic E-state index is 13.2. The van der Waals surface area contributed by atoms with Gasteiger partial charge in [0.05, 0.1) is 5.60 Å². The van der Waals surface area contributed by atoms with Gasteiger partial charge in [-0.05, 0) is 81.0 Å². The number of hydrogen-bond donors (Lipinski definition) is 1. The summed E-state index contributed by atoms with van der Waals surface area (Å²) < 4.78 is 7.73. The van der Waals surface area contributed by atoms with Gasteiger partial charge in [0.2, 0.25) is 0 Å². The number of aliphatic carboxylic acids is 1. The molecule has 1 atom stereocenters. The molecule has 0 aliphatic carbocycles. The zero-order valence-electron chi connectivity index (χ0n) is 21.5. The highest BCUT2D eigenvalue weighted by Gasteiger charge is 2.36. The Morgan fingerprint density at radius 3 is 2.11 bits per heavy atom. The second-order valence-corrected chi connectivity index (χ2v) is 10.3. The van der Waals surface area contributed by atoms with Gasteiger partial charge in [-0.25, -0.2) is 4.79 Å². The van der Waals surface area contributed by atoms with Crippen LogP contribution in [0.1, 0.15) is 70.7 Å². The van der Waals surface area contributed by atoms with Crippen LogP contribution in [0.15, 0.2) is 36.5 Å². The Labute approximate surface area is 206 Å². The molecule has 7 nitrogen and oxygen atoms in total. The van der Waals surface area contributed by atoms with Crippen LogP contribution in [0.25, 0.3) is 11.1 Å². The van der Waals surface area contributed by atoms with E-state index in [0.717, 1.165) is 38.9 Å². The number of carbonyl (C=O) groups excluding carboxylic acids is 1. The second kappa shape index (κ2) is 8.96. The maximum atomic E-state index is 13.2. The van der Waals surface area contributed by atoms with E-state index in [2.05, 4.69) is 5.10 Å². The number of aryl methyl sites for hydroxylation is 2. The zero-order chi connectivity index (χ0) is 25.7. The van der Waals surface area contributed by atoms with Gasteiger partial charge in [-0.1, -0.05) is 29.8 Å². The molecule has 0 spiro atoms. The molecule has 1 amide bonds. The Bertz CT molecular complexity index is 1300. The van der Waals surface area contributed by atoms with Crippen LogP contribution in [0.2, 0.25) is 0 Å². The van der Waals surface area contributed by atoms with Crippen LogP contribution in [0.3, 0.4) is 0 Å². The quantitative estimate of drug-likeness (QED) is 0.554. The average molecular weight is 476 g/mol. The lowest BCUT2D eigenvalue weighted by atomic mass is 9.83. The highest BCUT2D eigenvalue weighted by atomic mass is 16.5. The topological polar surface area (TPSA) is 84.7 Å². The van der Waals surface area contributed by atoms with Crippen molar-refractivity contribution >= 4 is 11.9 Å². The molecule has 184 valence electrons. The molecule has 1 N–H and O–H groups in total. The predicted molar refractivity (Wildman–Crippen MR) is 134 cm³/mol. The van der Waals surface area contributed by atoms with Gasteiger partial charge in [-0.15, -0.1) is 0 Å². The number of nitrogens with zero attached hydrogens (tertiary/aromatic N) is 3. The van der Waals surface area contributed by atoms with Crippen LogP contribution < -0.4 is 0 Å². The number of amides is 1. The second-order valence-electron chi connectivity index (χ2n) is 10.3. The monoisotopic (exact) mass is 475 g/mol. The molecular formula is C28H33N3O4. The summed E-state index contributed by atoms with van der Waals surface area (Å²) in [5.41, 5.74) is 7.20. The van der Waals surface area contributed by atoms with Crippen molar-refractivity contribution in [2.75, 3.05) is 0 Å². The van der Waals surface area contributed by atoms with E-state index in [-0.39, 0.29) is 5.91 Å². The van der Waals surface area contributed by atoms with Gasteiger partial charge in [-0.3, -0.25) is 9.48 Å². The lowest BCUT2D eigenvalue weighted by molar-refractivity contribution is -0.160. The van der Waals surface area contributed by atoms with E-state index in [9.17, 15) is 14.7 Å². The molecular weight excluding hydrogens is 442 g/mol. The zero-order valence-corrected chi connectivity index (χ0v) is 21.5. The third-order valence-corrected chi connectivity index (χ3v) is 6.53. The van der Waals surface area contributed by atoms with Gasteiger partial charge >= 0.3 is 5.97 Å². The largest absolute Gasteiger partial charge is 0.479 e. The average Bonchev–Trinajstić information content (AvgIpc) is 3.41. The van der Waals surface area contributed by atoms with E-state index in [0.29, 0.717) is 24.3 Å². The summed E-state index contributed by atoms with van der Waals surface area (Å²) in [5, 5.41) is 14.5. The standard InChI is InChI=1S/C28H33N3O4/c1-16-8-10-19(11-9-16)23-17(2)20-14-31(26(32)22-12-13-30(7)29-22)15-21(20)18(3)24(23)25(27(33)34)35-28(4,5)6/h8-13,25H,14-15H2,1-7H3,(H,33,34). The van der Waals surface area contributed by atoms with Crippen molar-refractivity contribution in [3.05, 3.63) is 75.6 Å². The molecule has 0 saturated heterocycles. The first-order valence-electron chi connectivity index (χ1n) is 11.8. The molecule has 35 heavy (non-hydrogen) atoms. The van der Waals surface area contributed by atoms with Crippen molar-refractivity contribution in [2.24, 2.45) is 7.05 Å². The smallest absolute Gasteiger partial charge is 0.337 e. The van der Waals surface area contributed by atoms with Crippen LogP contribution >= 0.6 is 0 Å². The fourth-order valence-electron chi connectivity index (χ4n) is 4.86. The van der Waals surface area contributed by atoms with Crippen LogP contribution in [0.4, 0.5) is 0 Å². The van der Waals surface area contributed by atoms with Gasteiger partial charge < -0.3 is 14.7 Å². The normalized spacial score (nSPS) is 14.2. The third-order valence-electron chi connectivity index (χ3n) is 6.53. The summed E-state index contributed by atoms with van der Waals surface area (Å²) in [4.78, 5) is 27.5. The van der Waals surface area contributed by atoms with Crippen molar-refractivity contribution < 1.29 is 19.4 Å². The molecule has 0 fully saturated rings. The number of fused-ring (bicyclic) bond motifs is 1. The summed E-state index contributed by atoms with van der Waals surface area (Å²) in [6.07, 6.45) is 0.609. The summed E-state index contributed by atoms with van der Waals surface area (Å²) in [5.74, 6) is -1.17. The Morgan fingerprint density at radius 1 is 1.00 bits per heavy atom. The van der Waals surface area contributed by atoms with Crippen molar-refractivity contribution in [3.8, 4) is 11.1 Å². The molecule has 3 aromatic rings. The molecule has 4 rings (SSSR count). The molecule has 1 aliphatic heterocycles. The van der Waals surface area contributed by atoms with Crippen LogP contribution in [0, 0.1) is 20.8 Å². The van der Waals surface area contributed by atoms with Gasteiger partial charge in [0, 0.05) is 31.9 Å². The number of hydrogen-bond acceptors (Lipinski definition) is 4. The molecule has 2 aromatic carbocycles. The summed E-state index contributed by atoms with van der Waals surface area (Å²) >= 11 is 0. The lowest BCUT2D eigenvalue weighted by Crippen LogP contribution is -2.28. The fraction of sp³-hybridized carbons (Fsp3) is 0.393. The Hall–Kier alpha value is -3.45. The molecule has 7 heteroatoms. The molecule has 0 saturated carbocycles. The number of carboxylic acid groups (broad SMARTS) is 1. The van der Waals surface area contributed by atoms with Crippen molar-refractivity contribution in [1.29, 1.82) is 0 Å². The minimum absolute atomic E-state index is 0.139. The van der Waals surface area contributed by atoms with Gasteiger partial charge in [-0.2, -0.15) is 5.10 Å². The van der Waals surface area contributed by atoms with Crippen LogP contribution in [-0.2, 0) is 29.7 Å². The van der Waals surface area contributed by atoms with Gasteiger partial charge in [0.15, 0.2) is 6.10 Å². The highest BCUT2D eigenvalue weighted by Crippen LogP contribution is 2.43. The number of carbonyl (C=O) groups is 2. The van der Waals surface area contributed by atoms with Crippen molar-refractivity contribution in [1.82, 2.24) is 14.7 Å². The fourth-order valence-corrected chi connectivity index (χ4v) is 4.86. The first-order valence-corrected chi connectivity index (χ1v) is 11.8. The first-order chi connectivity index (χ1) is 16.4. The SMILES string of the molecule is Cc1ccc(-c2c(C)c3c(c(C)c2C(OC(C)(C)C)C(=O)O)CN(C(=O)c2ccn(C)n2)C3)cc1. The van der Waals surface area contributed by atoms with Crippen molar-refractivity contribution in [3.63, 3.8) is 0 Å². The van der Waals surface area contributed by atoms with E-state index >= 15 is 0 Å². The number of rotatable bonds is 5. The lowest BCUT2D eigenvalue weighted by Gasteiger charge is -2.29. The summed E-state index contributed by atoms with van der Waals surface area (Å²) in [6.45, 7) is 12.4. The molecule has 0 radical (unpaired) electrons. The first kappa shape index (κ1) is 24.7.